The zero-order valence-electron chi connectivity index (χ0n) is 8.87. The van der Waals surface area contributed by atoms with Gasteiger partial charge in [0.25, 0.3) is 14.2 Å². The van der Waals surface area contributed by atoms with Crippen molar-refractivity contribution >= 4 is 19.7 Å². The minimum absolute atomic E-state index is 0.266. The monoisotopic (exact) mass is 276 g/mol. The Kier molecular flexibility index (Phi) is 3.16. The molecule has 0 unspecified atom stereocenters. The van der Waals surface area contributed by atoms with Crippen molar-refractivity contribution in [1.82, 2.24) is 19.9 Å². The van der Waals surface area contributed by atoms with E-state index in [4.69, 9.17) is 10.7 Å². The molecule has 2 heterocycles. The van der Waals surface area contributed by atoms with Gasteiger partial charge in [0.1, 0.15) is 6.26 Å². The van der Waals surface area contributed by atoms with Crippen LogP contribution in [0, 0.1) is 0 Å². The Labute approximate surface area is 102 Å². The predicted molar refractivity (Wildman–Crippen MR) is 58.8 cm³/mol. The number of halogens is 1. The van der Waals surface area contributed by atoms with Crippen LogP contribution in [0.4, 0.5) is 0 Å². The highest BCUT2D eigenvalue weighted by atomic mass is 35.7. The van der Waals surface area contributed by atoms with Gasteiger partial charge >= 0.3 is 0 Å². The number of hydrogen-bond acceptors (Lipinski definition) is 6. The van der Waals surface area contributed by atoms with Crippen LogP contribution < -0.4 is 0 Å². The summed E-state index contributed by atoms with van der Waals surface area (Å²) in [6, 6.07) is 0. The SMILES string of the molecule is CCCn1c(-c2cnoc2)nnc1S(=O)(=O)Cl. The Bertz CT molecular complexity index is 605. The van der Waals surface area contributed by atoms with Crippen molar-refractivity contribution in [2.45, 2.75) is 25.0 Å². The van der Waals surface area contributed by atoms with Gasteiger partial charge in [-0.05, 0) is 6.42 Å². The van der Waals surface area contributed by atoms with Crippen LogP contribution in [-0.2, 0) is 15.6 Å². The highest BCUT2D eigenvalue weighted by molar-refractivity contribution is 8.13. The second-order valence-electron chi connectivity index (χ2n) is 3.31. The van der Waals surface area contributed by atoms with E-state index >= 15 is 0 Å². The molecule has 17 heavy (non-hydrogen) atoms. The zero-order chi connectivity index (χ0) is 12.5. The third-order valence-electron chi connectivity index (χ3n) is 2.07. The molecule has 0 aromatic carbocycles. The molecule has 0 radical (unpaired) electrons. The predicted octanol–water partition coefficient (Wildman–Crippen LogP) is 1.27. The van der Waals surface area contributed by atoms with Gasteiger partial charge in [0.2, 0.25) is 0 Å². The molecule has 0 spiro atoms. The number of aromatic nitrogens is 4. The lowest BCUT2D eigenvalue weighted by molar-refractivity contribution is 0.420. The first-order valence-electron chi connectivity index (χ1n) is 4.81. The Morgan fingerprint density at radius 1 is 1.47 bits per heavy atom. The maximum Gasteiger partial charge on any atom is 0.296 e. The molecule has 0 N–H and O–H groups in total. The first-order chi connectivity index (χ1) is 8.04. The zero-order valence-corrected chi connectivity index (χ0v) is 10.4. The molecule has 0 aliphatic carbocycles. The minimum Gasteiger partial charge on any atom is -0.364 e. The average molecular weight is 277 g/mol. The summed E-state index contributed by atoms with van der Waals surface area (Å²) in [4.78, 5) is 0. The Balaban J connectivity index is 2.59. The molecular formula is C8H9ClN4O3S. The van der Waals surface area contributed by atoms with E-state index in [-0.39, 0.29) is 5.16 Å². The van der Waals surface area contributed by atoms with Crippen LogP contribution in [0.1, 0.15) is 13.3 Å². The van der Waals surface area contributed by atoms with Crippen LogP contribution in [0.3, 0.4) is 0 Å². The van der Waals surface area contributed by atoms with E-state index in [1.54, 1.807) is 0 Å². The van der Waals surface area contributed by atoms with Gasteiger partial charge in [-0.25, -0.2) is 8.42 Å². The largest absolute Gasteiger partial charge is 0.364 e. The molecule has 0 bridgehead atoms. The van der Waals surface area contributed by atoms with Crippen molar-refractivity contribution < 1.29 is 12.9 Å². The lowest BCUT2D eigenvalue weighted by Crippen LogP contribution is -2.07. The third-order valence-corrected chi connectivity index (χ3v) is 3.22. The molecule has 92 valence electrons. The van der Waals surface area contributed by atoms with Crippen LogP contribution in [-0.4, -0.2) is 28.3 Å². The van der Waals surface area contributed by atoms with Gasteiger partial charge in [0.05, 0.1) is 11.8 Å². The molecule has 0 aliphatic heterocycles. The lowest BCUT2D eigenvalue weighted by Gasteiger charge is -2.04. The quantitative estimate of drug-likeness (QED) is 0.781. The van der Waals surface area contributed by atoms with E-state index in [9.17, 15) is 8.42 Å². The van der Waals surface area contributed by atoms with Crippen LogP contribution in [0.25, 0.3) is 11.4 Å². The van der Waals surface area contributed by atoms with Crippen LogP contribution in [0.15, 0.2) is 22.1 Å². The normalized spacial score (nSPS) is 11.9. The van der Waals surface area contributed by atoms with E-state index in [0.29, 0.717) is 17.9 Å². The second kappa shape index (κ2) is 4.46. The lowest BCUT2D eigenvalue weighted by atomic mass is 10.3. The molecule has 0 saturated carbocycles. The minimum atomic E-state index is -3.92. The Morgan fingerprint density at radius 2 is 2.24 bits per heavy atom. The van der Waals surface area contributed by atoms with Crippen LogP contribution in [0.5, 0.6) is 0 Å². The molecule has 2 aromatic rings. The highest BCUT2D eigenvalue weighted by Crippen LogP contribution is 2.22. The molecule has 9 heteroatoms. The topological polar surface area (TPSA) is 90.9 Å². The summed E-state index contributed by atoms with van der Waals surface area (Å²) in [6.45, 7) is 2.34. The molecular weight excluding hydrogens is 268 g/mol. The standard InChI is InChI=1S/C8H9ClN4O3S/c1-2-3-13-7(6-4-10-16-5-6)11-12-8(13)17(9,14)15/h4-5H,2-3H2,1H3. The molecule has 2 rings (SSSR count). The van der Waals surface area contributed by atoms with Crippen molar-refractivity contribution in [1.29, 1.82) is 0 Å². The smallest absolute Gasteiger partial charge is 0.296 e. The number of nitrogens with zero attached hydrogens (tertiary/aromatic N) is 4. The molecule has 7 nitrogen and oxygen atoms in total. The summed E-state index contributed by atoms with van der Waals surface area (Å²) in [5.74, 6) is 0.368. The van der Waals surface area contributed by atoms with E-state index in [1.165, 1.54) is 17.0 Å². The summed E-state index contributed by atoms with van der Waals surface area (Å²) in [7, 11) is 1.37. The van der Waals surface area contributed by atoms with Crippen LogP contribution in [0.2, 0.25) is 0 Å². The summed E-state index contributed by atoms with van der Waals surface area (Å²) in [6.07, 6.45) is 3.51. The number of rotatable bonds is 4. The van der Waals surface area contributed by atoms with E-state index < -0.39 is 9.05 Å². The van der Waals surface area contributed by atoms with Crippen molar-refractivity contribution in [3.05, 3.63) is 12.5 Å². The fourth-order valence-electron chi connectivity index (χ4n) is 1.42. The third kappa shape index (κ3) is 2.32. The first-order valence-corrected chi connectivity index (χ1v) is 7.12. The van der Waals surface area contributed by atoms with Crippen molar-refractivity contribution in [3.8, 4) is 11.4 Å². The molecule has 0 amide bonds. The van der Waals surface area contributed by atoms with Gasteiger partial charge in [-0.15, -0.1) is 10.2 Å². The summed E-state index contributed by atoms with van der Waals surface area (Å²) in [5.41, 5.74) is 0.553. The summed E-state index contributed by atoms with van der Waals surface area (Å²) >= 11 is 0. The second-order valence-corrected chi connectivity index (χ2v) is 5.77. The molecule has 0 saturated heterocycles. The average Bonchev–Trinajstić information content (AvgIpc) is 2.82. The van der Waals surface area contributed by atoms with Crippen molar-refractivity contribution in [2.24, 2.45) is 0 Å². The summed E-state index contributed by atoms with van der Waals surface area (Å²) < 4.78 is 28.7. The Morgan fingerprint density at radius 3 is 2.76 bits per heavy atom. The van der Waals surface area contributed by atoms with E-state index in [1.807, 2.05) is 6.92 Å². The molecule has 0 aliphatic rings. The van der Waals surface area contributed by atoms with Gasteiger partial charge in [0.15, 0.2) is 5.82 Å². The molecule has 0 atom stereocenters. The van der Waals surface area contributed by atoms with Crippen LogP contribution >= 0.6 is 10.7 Å². The maximum atomic E-state index is 11.3. The molecule has 0 fully saturated rings. The summed E-state index contributed by atoms with van der Waals surface area (Å²) in [5, 5.41) is 10.6. The number of hydrogen-bond donors (Lipinski definition) is 0. The first kappa shape index (κ1) is 12.1. The van der Waals surface area contributed by atoms with Gasteiger partial charge < -0.3 is 4.52 Å². The van der Waals surface area contributed by atoms with Gasteiger partial charge in [-0.2, -0.15) is 0 Å². The fourth-order valence-corrected chi connectivity index (χ4v) is 2.34. The Hall–Kier alpha value is -1.41. The molecule has 2 aromatic heterocycles. The highest BCUT2D eigenvalue weighted by Gasteiger charge is 2.23. The maximum absolute atomic E-state index is 11.3. The fraction of sp³-hybridized carbons (Fsp3) is 0.375. The van der Waals surface area contributed by atoms with Gasteiger partial charge in [-0.1, -0.05) is 12.1 Å². The van der Waals surface area contributed by atoms with E-state index in [0.717, 1.165) is 6.42 Å². The van der Waals surface area contributed by atoms with Crippen molar-refractivity contribution in [3.63, 3.8) is 0 Å². The van der Waals surface area contributed by atoms with Gasteiger partial charge in [0, 0.05) is 17.2 Å². The van der Waals surface area contributed by atoms with E-state index in [2.05, 4.69) is 19.9 Å². The van der Waals surface area contributed by atoms with Crippen molar-refractivity contribution in [2.75, 3.05) is 0 Å². The van der Waals surface area contributed by atoms with Gasteiger partial charge in [-0.3, -0.25) is 4.57 Å².